The average Bonchev–Trinajstić information content (AvgIpc) is 2.69. The second-order valence-corrected chi connectivity index (χ2v) is 3.72. The molecule has 1 aliphatic rings. The molecule has 1 aromatic carbocycles. The van der Waals surface area contributed by atoms with E-state index >= 15 is 0 Å². The van der Waals surface area contributed by atoms with Gasteiger partial charge in [0.2, 0.25) is 0 Å². The molecular formula is C11H14FNO3. The van der Waals surface area contributed by atoms with Crippen LogP contribution in [0.4, 0.5) is 10.1 Å². The van der Waals surface area contributed by atoms with Crippen LogP contribution in [-0.2, 0) is 15.3 Å². The highest BCUT2D eigenvalue weighted by Crippen LogP contribution is 2.36. The topological polar surface area (TPSA) is 53.7 Å². The summed E-state index contributed by atoms with van der Waals surface area (Å²) in [5.74, 6) is -1.19. The maximum Gasteiger partial charge on any atom is 0.195 e. The van der Waals surface area contributed by atoms with Gasteiger partial charge >= 0.3 is 0 Å². The third kappa shape index (κ3) is 1.72. The van der Waals surface area contributed by atoms with E-state index in [2.05, 4.69) is 0 Å². The largest absolute Gasteiger partial charge is 0.494 e. The van der Waals surface area contributed by atoms with Crippen LogP contribution >= 0.6 is 0 Å². The number of benzene rings is 1. The third-order valence-electron chi connectivity index (χ3n) is 2.65. The monoisotopic (exact) mass is 227 g/mol. The Bertz CT molecular complexity index is 402. The van der Waals surface area contributed by atoms with Crippen LogP contribution in [0.5, 0.6) is 5.75 Å². The number of nitrogen functional groups attached to an aromatic ring is 1. The second-order valence-electron chi connectivity index (χ2n) is 3.72. The zero-order chi connectivity index (χ0) is 11.8. The number of nitrogens with two attached hydrogens (primary N) is 1. The molecule has 1 heterocycles. The summed E-state index contributed by atoms with van der Waals surface area (Å²) in [6.45, 7) is 2.56. The standard InChI is InChI=1S/C11H14FNO3/c1-11(15-3-4-16-11)7-5-9(13)10(14-2)6-8(7)12/h5-6H,3-4,13H2,1-2H3. The van der Waals surface area contributed by atoms with E-state index in [0.29, 0.717) is 30.2 Å². The summed E-state index contributed by atoms with van der Waals surface area (Å²) in [6, 6.07) is 2.72. The van der Waals surface area contributed by atoms with Gasteiger partial charge in [-0.3, -0.25) is 0 Å². The Kier molecular flexibility index (Phi) is 2.73. The van der Waals surface area contributed by atoms with Gasteiger partial charge in [0.25, 0.3) is 0 Å². The first-order valence-corrected chi connectivity index (χ1v) is 4.98. The number of anilines is 1. The van der Waals surface area contributed by atoms with Crippen LogP contribution in [0.2, 0.25) is 0 Å². The molecule has 0 aliphatic carbocycles. The van der Waals surface area contributed by atoms with Crippen LogP contribution in [0.15, 0.2) is 12.1 Å². The molecule has 1 fully saturated rings. The summed E-state index contributed by atoms with van der Waals surface area (Å²) in [5, 5.41) is 0. The third-order valence-corrected chi connectivity index (χ3v) is 2.65. The van der Waals surface area contributed by atoms with Crippen LogP contribution in [0.25, 0.3) is 0 Å². The minimum absolute atomic E-state index is 0.295. The van der Waals surface area contributed by atoms with E-state index in [0.717, 1.165) is 0 Å². The molecule has 88 valence electrons. The lowest BCUT2D eigenvalue weighted by molar-refractivity contribution is -0.151. The number of rotatable bonds is 2. The van der Waals surface area contributed by atoms with Crippen molar-refractivity contribution >= 4 is 5.69 Å². The Morgan fingerprint density at radius 2 is 2.00 bits per heavy atom. The van der Waals surface area contributed by atoms with E-state index in [1.165, 1.54) is 19.2 Å². The summed E-state index contributed by atoms with van der Waals surface area (Å²) in [4.78, 5) is 0. The second kappa shape index (κ2) is 3.92. The van der Waals surface area contributed by atoms with Crippen molar-refractivity contribution in [2.24, 2.45) is 0 Å². The highest BCUT2D eigenvalue weighted by molar-refractivity contribution is 5.55. The molecule has 16 heavy (non-hydrogen) atoms. The lowest BCUT2D eigenvalue weighted by Gasteiger charge is -2.24. The predicted octanol–water partition coefficient (Wildman–Crippen LogP) is 1.64. The van der Waals surface area contributed by atoms with E-state index in [1.54, 1.807) is 6.92 Å². The minimum Gasteiger partial charge on any atom is -0.494 e. The van der Waals surface area contributed by atoms with Gasteiger partial charge in [-0.2, -0.15) is 0 Å². The molecule has 0 saturated carbocycles. The molecule has 0 aromatic heterocycles. The lowest BCUT2D eigenvalue weighted by Crippen LogP contribution is -2.24. The Morgan fingerprint density at radius 3 is 2.56 bits per heavy atom. The van der Waals surface area contributed by atoms with Crippen LogP contribution in [0.1, 0.15) is 12.5 Å². The van der Waals surface area contributed by atoms with Crippen LogP contribution in [0.3, 0.4) is 0 Å². The first-order valence-electron chi connectivity index (χ1n) is 4.98. The molecular weight excluding hydrogens is 213 g/mol. The molecule has 0 radical (unpaired) electrons. The van der Waals surface area contributed by atoms with Crippen LogP contribution in [0, 0.1) is 5.82 Å². The number of methoxy groups -OCH3 is 1. The van der Waals surface area contributed by atoms with E-state index in [4.69, 9.17) is 19.9 Å². The van der Waals surface area contributed by atoms with Crippen LogP contribution < -0.4 is 10.5 Å². The fourth-order valence-corrected chi connectivity index (χ4v) is 1.77. The van der Waals surface area contributed by atoms with Crippen LogP contribution in [-0.4, -0.2) is 20.3 Å². The number of ether oxygens (including phenoxy) is 3. The van der Waals surface area contributed by atoms with Gasteiger partial charge in [-0.05, 0) is 13.0 Å². The zero-order valence-electron chi connectivity index (χ0n) is 9.25. The van der Waals surface area contributed by atoms with Crippen molar-refractivity contribution in [3.8, 4) is 5.75 Å². The maximum absolute atomic E-state index is 13.8. The Morgan fingerprint density at radius 1 is 1.38 bits per heavy atom. The molecule has 0 amide bonds. The molecule has 1 aliphatic heterocycles. The molecule has 2 N–H and O–H groups in total. The number of halogens is 1. The van der Waals surface area contributed by atoms with E-state index in [-0.39, 0.29) is 0 Å². The smallest absolute Gasteiger partial charge is 0.195 e. The van der Waals surface area contributed by atoms with Gasteiger partial charge in [-0.25, -0.2) is 4.39 Å². The van der Waals surface area contributed by atoms with Crippen molar-refractivity contribution < 1.29 is 18.6 Å². The van der Waals surface area contributed by atoms with Crippen molar-refractivity contribution in [2.45, 2.75) is 12.7 Å². The SMILES string of the molecule is COc1cc(F)c(C2(C)OCCO2)cc1N. The lowest BCUT2D eigenvalue weighted by atomic mass is 10.1. The Balaban J connectivity index is 2.45. The molecule has 0 spiro atoms. The molecule has 1 saturated heterocycles. The summed E-state index contributed by atoms with van der Waals surface area (Å²) in [6.07, 6.45) is 0. The summed E-state index contributed by atoms with van der Waals surface area (Å²) in [7, 11) is 1.44. The average molecular weight is 227 g/mol. The molecule has 2 rings (SSSR count). The molecule has 0 atom stereocenters. The van der Waals surface area contributed by atoms with Gasteiger partial charge in [0.05, 0.1) is 26.0 Å². The zero-order valence-corrected chi connectivity index (χ0v) is 9.25. The van der Waals surface area contributed by atoms with Crippen molar-refractivity contribution in [1.82, 2.24) is 0 Å². The number of hydrogen-bond donors (Lipinski definition) is 1. The minimum atomic E-state index is -1.05. The van der Waals surface area contributed by atoms with E-state index in [9.17, 15) is 4.39 Å². The van der Waals surface area contributed by atoms with Crippen molar-refractivity contribution in [1.29, 1.82) is 0 Å². The molecule has 1 aromatic rings. The molecule has 5 heteroatoms. The van der Waals surface area contributed by atoms with Crippen molar-refractivity contribution in [2.75, 3.05) is 26.1 Å². The first-order chi connectivity index (χ1) is 7.57. The molecule has 0 unspecified atom stereocenters. The maximum atomic E-state index is 13.8. The fraction of sp³-hybridized carbons (Fsp3) is 0.455. The molecule has 0 bridgehead atoms. The van der Waals surface area contributed by atoms with Gasteiger partial charge in [-0.1, -0.05) is 0 Å². The predicted molar refractivity (Wildman–Crippen MR) is 56.6 cm³/mol. The van der Waals surface area contributed by atoms with Gasteiger partial charge in [0.15, 0.2) is 5.79 Å². The summed E-state index contributed by atoms with van der Waals surface area (Å²) < 4.78 is 29.5. The van der Waals surface area contributed by atoms with Gasteiger partial charge < -0.3 is 19.9 Å². The Hall–Kier alpha value is -1.33. The normalized spacial score (nSPS) is 18.7. The van der Waals surface area contributed by atoms with Gasteiger partial charge in [0, 0.05) is 11.6 Å². The van der Waals surface area contributed by atoms with Crippen molar-refractivity contribution in [3.05, 3.63) is 23.5 Å². The summed E-state index contributed by atoms with van der Waals surface area (Å²) in [5.41, 5.74) is 6.38. The van der Waals surface area contributed by atoms with E-state index in [1.807, 2.05) is 0 Å². The van der Waals surface area contributed by atoms with Crippen molar-refractivity contribution in [3.63, 3.8) is 0 Å². The first kappa shape index (κ1) is 11.2. The summed E-state index contributed by atoms with van der Waals surface area (Å²) >= 11 is 0. The highest BCUT2D eigenvalue weighted by Gasteiger charge is 2.36. The van der Waals surface area contributed by atoms with Gasteiger partial charge in [-0.15, -0.1) is 0 Å². The number of hydrogen-bond acceptors (Lipinski definition) is 4. The quantitative estimate of drug-likeness (QED) is 0.780. The van der Waals surface area contributed by atoms with E-state index < -0.39 is 11.6 Å². The Labute approximate surface area is 93.1 Å². The molecule has 4 nitrogen and oxygen atoms in total. The fourth-order valence-electron chi connectivity index (χ4n) is 1.77. The highest BCUT2D eigenvalue weighted by atomic mass is 19.1. The van der Waals surface area contributed by atoms with Gasteiger partial charge in [0.1, 0.15) is 11.6 Å².